The Kier molecular flexibility index (Phi) is 8.18. The first-order valence-electron chi connectivity index (χ1n) is 7.01. The zero-order valence-electron chi connectivity index (χ0n) is 13.5. The summed E-state index contributed by atoms with van der Waals surface area (Å²) in [6, 6.07) is 5.27. The molecule has 1 aromatic carbocycles. The van der Waals surface area contributed by atoms with Crippen molar-refractivity contribution in [3.05, 3.63) is 34.9 Å². The number of esters is 1. The number of methoxy groups -OCH3 is 1. The second-order valence-corrected chi connectivity index (χ2v) is 6.47. The standard InChI is InChI=1S/C15H22O7S/c1-12-10-13(15(16)19-2)4-5-14(12)11-21-7-6-20-8-9-22-23(3,17)18/h4-5,10H,6-9,11H2,1-3H3. The third-order valence-electron chi connectivity index (χ3n) is 2.92. The van der Waals surface area contributed by atoms with Crippen LogP contribution in [0, 0.1) is 6.92 Å². The molecule has 1 rings (SSSR count). The van der Waals surface area contributed by atoms with E-state index in [1.807, 2.05) is 13.0 Å². The van der Waals surface area contributed by atoms with E-state index in [1.54, 1.807) is 12.1 Å². The number of aryl methyl sites for hydroxylation is 1. The van der Waals surface area contributed by atoms with E-state index in [9.17, 15) is 13.2 Å². The maximum atomic E-state index is 11.4. The van der Waals surface area contributed by atoms with E-state index in [1.165, 1.54) is 7.11 Å². The van der Waals surface area contributed by atoms with Crippen LogP contribution in [0.3, 0.4) is 0 Å². The molecule has 0 amide bonds. The molecule has 0 N–H and O–H groups in total. The molecule has 1 aromatic rings. The largest absolute Gasteiger partial charge is 0.465 e. The summed E-state index contributed by atoms with van der Waals surface area (Å²) < 4.78 is 41.3. The van der Waals surface area contributed by atoms with Gasteiger partial charge in [-0.25, -0.2) is 4.79 Å². The molecule has 8 heteroatoms. The highest BCUT2D eigenvalue weighted by atomic mass is 32.2. The van der Waals surface area contributed by atoms with Gasteiger partial charge in [0.1, 0.15) is 0 Å². The van der Waals surface area contributed by atoms with Crippen LogP contribution in [0.5, 0.6) is 0 Å². The number of benzene rings is 1. The van der Waals surface area contributed by atoms with Crippen LogP contribution < -0.4 is 0 Å². The van der Waals surface area contributed by atoms with Crippen molar-refractivity contribution < 1.29 is 31.6 Å². The lowest BCUT2D eigenvalue weighted by Gasteiger charge is -2.09. The van der Waals surface area contributed by atoms with Crippen molar-refractivity contribution in [2.45, 2.75) is 13.5 Å². The van der Waals surface area contributed by atoms with Crippen LogP contribution in [0.15, 0.2) is 18.2 Å². The molecule has 0 saturated heterocycles. The molecule has 7 nitrogen and oxygen atoms in total. The lowest BCUT2D eigenvalue weighted by atomic mass is 10.1. The molecule has 0 saturated carbocycles. The summed E-state index contributed by atoms with van der Waals surface area (Å²) >= 11 is 0. The fourth-order valence-electron chi connectivity index (χ4n) is 1.75. The summed E-state index contributed by atoms with van der Waals surface area (Å²) in [5.41, 5.74) is 2.41. The fourth-order valence-corrected chi connectivity index (χ4v) is 2.12. The summed E-state index contributed by atoms with van der Waals surface area (Å²) in [4.78, 5) is 11.4. The second kappa shape index (κ2) is 9.61. The SMILES string of the molecule is COC(=O)c1ccc(COCCOCCOS(C)(=O)=O)c(C)c1. The monoisotopic (exact) mass is 346 g/mol. The Morgan fingerprint density at radius 3 is 2.35 bits per heavy atom. The van der Waals surface area contributed by atoms with Crippen LogP contribution in [0.4, 0.5) is 0 Å². The highest BCUT2D eigenvalue weighted by Gasteiger charge is 2.07. The van der Waals surface area contributed by atoms with Crippen LogP contribution in [0.2, 0.25) is 0 Å². The predicted octanol–water partition coefficient (Wildman–Crippen LogP) is 1.29. The van der Waals surface area contributed by atoms with E-state index in [0.717, 1.165) is 17.4 Å². The first-order valence-corrected chi connectivity index (χ1v) is 8.83. The Hall–Kier alpha value is -1.48. The average Bonchev–Trinajstić information content (AvgIpc) is 2.49. The molecule has 130 valence electrons. The molecule has 0 radical (unpaired) electrons. The summed E-state index contributed by atoms with van der Waals surface area (Å²) in [6.45, 7) is 3.18. The summed E-state index contributed by atoms with van der Waals surface area (Å²) in [5.74, 6) is -0.370. The van der Waals surface area contributed by atoms with Gasteiger partial charge < -0.3 is 14.2 Å². The number of carbonyl (C=O) groups excluding carboxylic acids is 1. The van der Waals surface area contributed by atoms with Gasteiger partial charge in [0, 0.05) is 0 Å². The first kappa shape index (κ1) is 19.6. The van der Waals surface area contributed by atoms with Gasteiger partial charge in [0.25, 0.3) is 10.1 Å². The van der Waals surface area contributed by atoms with E-state index in [2.05, 4.69) is 8.92 Å². The minimum absolute atomic E-state index is 0.00701. The Morgan fingerprint density at radius 2 is 1.74 bits per heavy atom. The summed E-state index contributed by atoms with van der Waals surface area (Å²) in [6.07, 6.45) is 0.990. The molecular formula is C15H22O7S. The number of carbonyl (C=O) groups is 1. The van der Waals surface area contributed by atoms with Crippen LogP contribution in [-0.2, 0) is 35.1 Å². The van der Waals surface area contributed by atoms with Gasteiger partial charge in [0.05, 0.1) is 52.0 Å². The van der Waals surface area contributed by atoms with Gasteiger partial charge in [-0.15, -0.1) is 0 Å². The van der Waals surface area contributed by atoms with Gasteiger partial charge in [0.2, 0.25) is 0 Å². The van der Waals surface area contributed by atoms with Gasteiger partial charge >= 0.3 is 5.97 Å². The van der Waals surface area contributed by atoms with Crippen molar-refractivity contribution in [3.63, 3.8) is 0 Å². The van der Waals surface area contributed by atoms with Crippen molar-refractivity contribution >= 4 is 16.1 Å². The minimum atomic E-state index is -3.42. The molecule has 0 atom stereocenters. The van der Waals surface area contributed by atoms with Crippen molar-refractivity contribution in [1.82, 2.24) is 0 Å². The topological polar surface area (TPSA) is 88.1 Å². The Bertz CT molecular complexity index is 610. The smallest absolute Gasteiger partial charge is 0.337 e. The molecule has 0 aliphatic rings. The van der Waals surface area contributed by atoms with E-state index >= 15 is 0 Å². The lowest BCUT2D eigenvalue weighted by molar-refractivity contribution is 0.0310. The zero-order chi connectivity index (χ0) is 17.3. The number of hydrogen-bond acceptors (Lipinski definition) is 7. The van der Waals surface area contributed by atoms with Gasteiger partial charge in [-0.05, 0) is 30.2 Å². The van der Waals surface area contributed by atoms with Crippen molar-refractivity contribution in [1.29, 1.82) is 0 Å². The number of hydrogen-bond donors (Lipinski definition) is 0. The molecule has 0 aliphatic carbocycles. The minimum Gasteiger partial charge on any atom is -0.465 e. The lowest BCUT2D eigenvalue weighted by Crippen LogP contribution is -2.12. The molecule has 0 unspecified atom stereocenters. The molecule has 0 fully saturated rings. The highest BCUT2D eigenvalue weighted by Crippen LogP contribution is 2.13. The van der Waals surface area contributed by atoms with E-state index in [4.69, 9.17) is 9.47 Å². The molecule has 0 heterocycles. The fraction of sp³-hybridized carbons (Fsp3) is 0.533. The number of ether oxygens (including phenoxy) is 3. The van der Waals surface area contributed by atoms with Gasteiger partial charge in [-0.1, -0.05) is 6.07 Å². The van der Waals surface area contributed by atoms with Crippen molar-refractivity contribution in [3.8, 4) is 0 Å². The van der Waals surface area contributed by atoms with Gasteiger partial charge in [-0.3, -0.25) is 4.18 Å². The summed E-state index contributed by atoms with van der Waals surface area (Å²) in [7, 11) is -2.08. The van der Waals surface area contributed by atoms with E-state index in [0.29, 0.717) is 25.4 Å². The van der Waals surface area contributed by atoms with Gasteiger partial charge in [0.15, 0.2) is 0 Å². The molecule has 0 aromatic heterocycles. The van der Waals surface area contributed by atoms with Gasteiger partial charge in [-0.2, -0.15) is 8.42 Å². The average molecular weight is 346 g/mol. The van der Waals surface area contributed by atoms with E-state index in [-0.39, 0.29) is 19.2 Å². The first-order chi connectivity index (χ1) is 10.8. The molecule has 0 spiro atoms. The highest BCUT2D eigenvalue weighted by molar-refractivity contribution is 7.85. The maximum Gasteiger partial charge on any atom is 0.337 e. The molecular weight excluding hydrogens is 324 g/mol. The van der Waals surface area contributed by atoms with Crippen molar-refractivity contribution in [2.75, 3.05) is 39.8 Å². The van der Waals surface area contributed by atoms with Crippen LogP contribution in [0.1, 0.15) is 21.5 Å². The van der Waals surface area contributed by atoms with Crippen molar-refractivity contribution in [2.24, 2.45) is 0 Å². The molecule has 0 bridgehead atoms. The summed E-state index contributed by atoms with van der Waals surface area (Å²) in [5, 5.41) is 0. The Balaban J connectivity index is 2.22. The predicted molar refractivity (Wildman–Crippen MR) is 83.8 cm³/mol. The number of rotatable bonds is 10. The maximum absolute atomic E-state index is 11.4. The Labute approximate surface area is 136 Å². The molecule has 23 heavy (non-hydrogen) atoms. The van der Waals surface area contributed by atoms with E-state index < -0.39 is 10.1 Å². The van der Waals surface area contributed by atoms with Crippen LogP contribution >= 0.6 is 0 Å². The molecule has 0 aliphatic heterocycles. The Morgan fingerprint density at radius 1 is 1.09 bits per heavy atom. The third-order valence-corrected chi connectivity index (χ3v) is 3.51. The van der Waals surface area contributed by atoms with Crippen LogP contribution in [0.25, 0.3) is 0 Å². The quantitative estimate of drug-likeness (QED) is 0.358. The zero-order valence-corrected chi connectivity index (χ0v) is 14.4. The third kappa shape index (κ3) is 8.08. The second-order valence-electron chi connectivity index (χ2n) is 4.82. The van der Waals surface area contributed by atoms with Crippen LogP contribution in [-0.4, -0.2) is 54.2 Å². The normalized spacial score (nSPS) is 11.4.